The number of nitrogens with one attached hydrogen (secondary N) is 2. The Morgan fingerprint density at radius 2 is 0.845 bits per heavy atom. The van der Waals surface area contributed by atoms with Gasteiger partial charge < -0.3 is 67.1 Å². The van der Waals surface area contributed by atoms with Crippen LogP contribution < -0.4 is 34.4 Å². The van der Waals surface area contributed by atoms with Gasteiger partial charge in [-0.15, -0.1) is 0 Å². The molecule has 0 radical (unpaired) electrons. The van der Waals surface area contributed by atoms with Crippen LogP contribution in [-0.2, 0) is 30.6 Å². The number of carbonyl (C=O) groups excluding carboxylic acids is 3. The molecule has 0 atom stereocenters. The molecule has 0 bridgehead atoms. The number of ether oxygens (including phenoxy) is 6. The summed E-state index contributed by atoms with van der Waals surface area (Å²) in [6.45, 7) is 31.5. The number of nitrogens with zero attached hydrogens (tertiary/aromatic N) is 13. The second-order valence-electron chi connectivity index (χ2n) is 32.1. The minimum Gasteiger partial charge on any atom is -0.497 e. The molecule has 12 aromatic rings. The maximum absolute atomic E-state index is 16.0. The summed E-state index contributed by atoms with van der Waals surface area (Å²) >= 11 is 26.3. The van der Waals surface area contributed by atoms with Crippen LogP contribution in [0.25, 0.3) is 87.7 Å². The van der Waals surface area contributed by atoms with Gasteiger partial charge in [0.1, 0.15) is 65.6 Å². The minimum absolute atomic E-state index is 0.230. The third kappa shape index (κ3) is 17.8. The number of amides is 3. The molecule has 4 saturated heterocycles. The molecule has 26 nitrogen and oxygen atoms in total. The summed E-state index contributed by atoms with van der Waals surface area (Å²) in [5.74, 6) is 0.505. The zero-order valence-electron chi connectivity index (χ0n) is 67.2. The maximum Gasteiger partial charge on any atom is 0.497 e. The predicted molar refractivity (Wildman–Crippen MR) is 458 cm³/mol. The molecule has 37 heteroatoms. The van der Waals surface area contributed by atoms with Gasteiger partial charge in [0.25, 0.3) is 0 Å². The average molecular weight is 1770 g/mol. The van der Waals surface area contributed by atoms with E-state index < -0.39 is 41.4 Å². The van der Waals surface area contributed by atoms with E-state index in [0.717, 1.165) is 53.4 Å². The van der Waals surface area contributed by atoms with Crippen molar-refractivity contribution in [3.05, 3.63) is 110 Å². The molecule has 4 aliphatic heterocycles. The summed E-state index contributed by atoms with van der Waals surface area (Å²) in [6, 6.07) is 16.3. The summed E-state index contributed by atoms with van der Waals surface area (Å²) in [5.41, 5.74) is 3.42. The van der Waals surface area contributed by atoms with Crippen LogP contribution in [0.2, 0.25) is 15.1 Å². The number of halogens is 7. The van der Waals surface area contributed by atoms with Gasteiger partial charge in [-0.05, 0) is 195 Å². The normalized spacial score (nSPS) is 15.9. The van der Waals surface area contributed by atoms with Crippen LogP contribution in [0.1, 0.15) is 90.0 Å². The van der Waals surface area contributed by atoms with E-state index in [2.05, 4.69) is 69.2 Å². The quantitative estimate of drug-likeness (QED) is 0.0773. The molecule has 0 saturated carbocycles. The van der Waals surface area contributed by atoms with Crippen molar-refractivity contribution < 1.29 is 65.3 Å². The Balaban J connectivity index is 0.000000138. The zero-order valence-corrected chi connectivity index (χ0v) is 73.5. The fourth-order valence-corrected chi connectivity index (χ4v) is 17.5. The number of anilines is 3. The number of hydrogen-bond donors (Lipinski definition) is 2. The largest absolute Gasteiger partial charge is 0.497 e. The van der Waals surface area contributed by atoms with E-state index in [1.807, 2.05) is 114 Å². The van der Waals surface area contributed by atoms with Crippen molar-refractivity contribution in [3.63, 3.8) is 0 Å². The molecular weight excluding hydrogens is 1690 g/mol. The van der Waals surface area contributed by atoms with Crippen molar-refractivity contribution in [2.24, 2.45) is 7.05 Å². The molecule has 616 valence electrons. The predicted octanol–water partition coefficient (Wildman–Crippen LogP) is 18.2. The van der Waals surface area contributed by atoms with Crippen LogP contribution in [0, 0.1) is 17.5 Å². The first kappa shape index (κ1) is 85.0. The Hall–Kier alpha value is -8.87. The number of H-pyrrole nitrogens is 2. The van der Waals surface area contributed by atoms with Gasteiger partial charge in [-0.25, -0.2) is 27.6 Å². The van der Waals surface area contributed by atoms with Gasteiger partial charge in [0.15, 0.2) is 17.5 Å². The molecule has 3 amide bonds. The Kier molecular flexibility index (Phi) is 24.6. The monoisotopic (exact) mass is 1770 g/mol. The number of carbonyl (C=O) groups is 3. The molecule has 6 aromatic carbocycles. The van der Waals surface area contributed by atoms with Gasteiger partial charge in [0.2, 0.25) is 0 Å². The van der Waals surface area contributed by atoms with Gasteiger partial charge >= 0.3 is 25.4 Å². The van der Waals surface area contributed by atoms with Gasteiger partial charge in [-0.1, -0.05) is 34.8 Å². The van der Waals surface area contributed by atoms with Crippen molar-refractivity contribution in [2.45, 2.75) is 118 Å². The molecule has 10 heterocycles. The summed E-state index contributed by atoms with van der Waals surface area (Å²) in [6.07, 6.45) is 4.18. The van der Waals surface area contributed by atoms with Crippen LogP contribution in [-0.4, -0.2) is 211 Å². The molecule has 0 aliphatic carbocycles. The highest BCUT2D eigenvalue weighted by Gasteiger charge is 2.52. The number of aromatic amines is 2. The van der Waals surface area contributed by atoms with E-state index in [0.29, 0.717) is 133 Å². The van der Waals surface area contributed by atoms with Crippen LogP contribution in [0.15, 0.2) is 77.7 Å². The molecule has 4 aliphatic rings. The first-order valence-electron chi connectivity index (χ1n) is 37.3. The first-order valence-corrected chi connectivity index (χ1v) is 41.5. The number of aromatic nitrogens is 9. The summed E-state index contributed by atoms with van der Waals surface area (Å²) in [5, 5.41) is 26.4. The van der Waals surface area contributed by atoms with E-state index in [9.17, 15) is 18.8 Å². The highest BCUT2D eigenvalue weighted by Crippen LogP contribution is 2.48. The van der Waals surface area contributed by atoms with Crippen molar-refractivity contribution in [3.8, 4) is 39.5 Å². The molecule has 116 heavy (non-hydrogen) atoms. The SMILES string of the molecule is CC(C)(C)OC(=O)N1CCN(c2snc3c(F)c(Br)c(Cl)cc23)CC1.COc1cc(-c2c(Cl)cc3c(N4CCN(C(=O)OC(C)(C)C)CC4)snc3c2F)c2[nH]ncc2c1.COc1cc(-c2c(Cl)cc3c(N4CCN(C(=O)OC(C)(C)C)CC4)snc3c2F)c2c(cnn2C)c1.COc1cc(B2OC(C)(C)C(C)(C)O2)c2[nH]ncc2c1. The molecule has 16 rings (SSSR count). The van der Waals surface area contributed by atoms with Gasteiger partial charge in [-0.3, -0.25) is 14.9 Å². The van der Waals surface area contributed by atoms with Crippen molar-refractivity contribution in [1.29, 1.82) is 0 Å². The zero-order chi connectivity index (χ0) is 83.6. The van der Waals surface area contributed by atoms with Crippen LogP contribution >= 0.6 is 85.3 Å². The Labute approximate surface area is 704 Å². The van der Waals surface area contributed by atoms with Crippen LogP contribution in [0.4, 0.5) is 42.6 Å². The topological polar surface area (TPSA) is 258 Å². The van der Waals surface area contributed by atoms with E-state index in [1.165, 1.54) is 34.6 Å². The molecule has 2 N–H and O–H groups in total. The van der Waals surface area contributed by atoms with E-state index in [4.69, 9.17) is 72.5 Å². The second-order valence-corrected chi connectivity index (χ2v) is 36.4. The lowest BCUT2D eigenvalue weighted by molar-refractivity contribution is 0.00578. The molecular formula is C79H89BBrCl3F3N15O11S3. The first-order chi connectivity index (χ1) is 54.7. The Bertz CT molecular complexity index is 5690. The summed E-state index contributed by atoms with van der Waals surface area (Å²) in [7, 11) is 6.15. The lowest BCUT2D eigenvalue weighted by atomic mass is 9.77. The van der Waals surface area contributed by atoms with E-state index in [-0.39, 0.29) is 66.2 Å². The fourth-order valence-electron chi connectivity index (χ4n) is 13.7. The lowest BCUT2D eigenvalue weighted by Crippen LogP contribution is -2.50. The number of rotatable bonds is 9. The third-order valence-corrected chi connectivity index (χ3v) is 24.8. The van der Waals surface area contributed by atoms with Crippen LogP contribution in [0.3, 0.4) is 0 Å². The van der Waals surface area contributed by atoms with Crippen molar-refractivity contribution in [2.75, 3.05) is 115 Å². The number of aryl methyl sites for hydroxylation is 1. The van der Waals surface area contributed by atoms with Crippen molar-refractivity contribution in [1.82, 2.24) is 58.0 Å². The highest BCUT2D eigenvalue weighted by atomic mass is 79.9. The molecule has 4 fully saturated rings. The summed E-state index contributed by atoms with van der Waals surface area (Å²) < 4.78 is 106. The smallest absolute Gasteiger partial charge is 0.497 e. The number of fused-ring (bicyclic) bond motifs is 6. The van der Waals surface area contributed by atoms with E-state index in [1.54, 1.807) is 96.7 Å². The number of piperazine rings is 3. The van der Waals surface area contributed by atoms with Gasteiger partial charge in [0.05, 0.1) is 87.2 Å². The van der Waals surface area contributed by atoms with Crippen molar-refractivity contribution >= 4 is 197 Å². The van der Waals surface area contributed by atoms with Gasteiger partial charge in [0, 0.05) is 146 Å². The number of benzene rings is 6. The molecule has 0 spiro atoms. The molecule has 0 unspecified atom stereocenters. The number of hydrogen-bond acceptors (Lipinski definition) is 23. The highest BCUT2D eigenvalue weighted by molar-refractivity contribution is 9.10. The Morgan fingerprint density at radius 3 is 1.25 bits per heavy atom. The van der Waals surface area contributed by atoms with Crippen LogP contribution in [0.5, 0.6) is 17.2 Å². The fraction of sp³-hybridized carbons (Fsp3) is 0.430. The second kappa shape index (κ2) is 33.5. The third-order valence-electron chi connectivity index (χ3n) is 20.2. The standard InChI is InChI=1S/C25H27ClFN5O3S.C24H25ClFN5O3S.C16H18BrClFN3O2S.C14H19BN2O3/c1-25(2,3)35-24(33)32-8-6-31(7-9-32)23-17-12-18(26)19(20(27)21(17)29-36-23)16-11-15(34-5)10-14-13-28-30(4)22(14)16;1-24(2,3)34-23(32)31-7-5-30(6-8-31)22-16-11-17(25)18(19(26)21(16)29-35-22)15-10-14(33-4)9-13-12-27-28-20(13)15;1-16(2,3)24-15(23)22-6-4-21(5-7-22)14-9-8-10(18)11(17)12(19)13(9)20-25-14;1-13(2)14(3,4)20-15(19-13)11-7-10(18-5)6-9-8-16-17-12(9)11/h10-13H,6-9H2,1-5H3;9-12H,5-8H2,1-4H3,(H,27,28);8H,4-7H2,1-3H3;6-8H,1-5H3,(H,16,17). The molecule has 6 aromatic heterocycles. The van der Waals surface area contributed by atoms with E-state index >= 15 is 8.78 Å². The minimum atomic E-state index is -0.544. The number of methoxy groups -OCH3 is 3. The summed E-state index contributed by atoms with van der Waals surface area (Å²) in [4.78, 5) is 48.4. The average Bonchev–Trinajstić information content (AvgIpc) is 1.56. The Morgan fingerprint density at radius 1 is 0.491 bits per heavy atom. The lowest BCUT2D eigenvalue weighted by Gasteiger charge is -2.36. The maximum atomic E-state index is 16.0. The van der Waals surface area contributed by atoms with Gasteiger partial charge in [-0.2, -0.15) is 28.4 Å².